The number of carbonyl (C=O) groups is 2. The number of anilines is 1. The summed E-state index contributed by atoms with van der Waals surface area (Å²) in [5, 5.41) is 14.1. The number of hydrogen-bond donors (Lipinski definition) is 1. The topological polar surface area (TPSA) is 93.9 Å². The van der Waals surface area contributed by atoms with Crippen molar-refractivity contribution in [2.45, 2.75) is 32.7 Å². The van der Waals surface area contributed by atoms with Crippen LogP contribution in [0.1, 0.15) is 40.7 Å². The fourth-order valence-corrected chi connectivity index (χ4v) is 4.92. The van der Waals surface area contributed by atoms with Crippen LogP contribution >= 0.6 is 11.6 Å². The number of halogens is 2. The lowest BCUT2D eigenvalue weighted by Gasteiger charge is -2.23. The monoisotopic (exact) mass is 577 g/mol. The van der Waals surface area contributed by atoms with E-state index in [0.29, 0.717) is 66.8 Å². The van der Waals surface area contributed by atoms with E-state index in [-0.39, 0.29) is 18.0 Å². The van der Waals surface area contributed by atoms with Gasteiger partial charge in [-0.05, 0) is 50.1 Å². The summed E-state index contributed by atoms with van der Waals surface area (Å²) in [4.78, 5) is 26.2. The number of aromatic nitrogens is 2. The molecule has 0 saturated heterocycles. The molecule has 0 unspecified atom stereocenters. The summed E-state index contributed by atoms with van der Waals surface area (Å²) in [6.07, 6.45) is 4.98. The number of amides is 1. The number of para-hydroxylation sites is 1. The molecule has 1 N–H and O–H groups in total. The Morgan fingerprint density at radius 3 is 2.80 bits per heavy atom. The van der Waals surface area contributed by atoms with Crippen LogP contribution in [-0.2, 0) is 11.3 Å². The number of carboxylic acids is 1. The fourth-order valence-electron chi connectivity index (χ4n) is 4.75. The average Bonchev–Trinajstić information content (AvgIpc) is 3.31. The zero-order chi connectivity index (χ0) is 28.9. The Bertz CT molecular complexity index is 1590. The van der Waals surface area contributed by atoms with Gasteiger partial charge >= 0.3 is 5.97 Å². The summed E-state index contributed by atoms with van der Waals surface area (Å²) in [7, 11) is 0. The molecular formula is C31H29ClFN3O5. The predicted octanol–water partition coefficient (Wildman–Crippen LogP) is 6.37. The van der Waals surface area contributed by atoms with E-state index in [9.17, 15) is 14.0 Å². The highest BCUT2D eigenvalue weighted by atomic mass is 35.5. The Morgan fingerprint density at radius 2 is 2.00 bits per heavy atom. The highest BCUT2D eigenvalue weighted by Gasteiger charge is 2.25. The number of hydrogen-bond acceptors (Lipinski definition) is 5. The standard InChI is InChI=1S/C31H29ClFN3O5/c1-20-25(32)7-3-9-28(20)40-14-4-10-29(37)36-13-5-15-41-30-24(6-2-8-27(30)36)23-17-34-35(19-23)18-22-12-11-21(31(38)39)16-26(22)33/h2-3,6-9,11-12,16-17,19H,4-5,10,13-15,18H2,1H3,(H,38,39). The molecule has 0 bridgehead atoms. The molecule has 0 fully saturated rings. The van der Waals surface area contributed by atoms with Gasteiger partial charge in [-0.3, -0.25) is 9.48 Å². The zero-order valence-electron chi connectivity index (χ0n) is 22.5. The molecule has 41 heavy (non-hydrogen) atoms. The zero-order valence-corrected chi connectivity index (χ0v) is 23.2. The average molecular weight is 578 g/mol. The molecule has 1 aromatic heterocycles. The largest absolute Gasteiger partial charge is 0.493 e. The number of ether oxygens (including phenoxy) is 2. The van der Waals surface area contributed by atoms with Gasteiger partial charge in [-0.2, -0.15) is 5.10 Å². The highest BCUT2D eigenvalue weighted by Crippen LogP contribution is 2.40. The molecule has 2 heterocycles. The molecule has 0 atom stereocenters. The number of aromatic carboxylic acids is 1. The lowest BCUT2D eigenvalue weighted by molar-refractivity contribution is -0.118. The van der Waals surface area contributed by atoms with Gasteiger partial charge in [0.2, 0.25) is 5.91 Å². The lowest BCUT2D eigenvalue weighted by atomic mass is 10.1. The van der Waals surface area contributed by atoms with Crippen molar-refractivity contribution in [3.8, 4) is 22.6 Å². The van der Waals surface area contributed by atoms with E-state index >= 15 is 0 Å². The third-order valence-corrected chi connectivity index (χ3v) is 7.36. The Balaban J connectivity index is 1.29. The molecule has 1 amide bonds. The van der Waals surface area contributed by atoms with Crippen molar-refractivity contribution < 1.29 is 28.6 Å². The molecule has 4 aromatic rings. The van der Waals surface area contributed by atoms with Gasteiger partial charge in [0, 0.05) is 46.4 Å². The van der Waals surface area contributed by atoms with Gasteiger partial charge in [-0.25, -0.2) is 9.18 Å². The van der Waals surface area contributed by atoms with E-state index in [2.05, 4.69) is 5.10 Å². The second kappa shape index (κ2) is 12.4. The van der Waals surface area contributed by atoms with Gasteiger partial charge in [0.15, 0.2) is 5.75 Å². The Hall–Kier alpha value is -4.37. The molecule has 0 spiro atoms. The molecule has 1 aliphatic heterocycles. The minimum atomic E-state index is -1.19. The molecule has 212 valence electrons. The van der Waals surface area contributed by atoms with Crippen LogP contribution < -0.4 is 14.4 Å². The SMILES string of the molecule is Cc1c(Cl)cccc1OCCCC(=O)N1CCCOc2c(-c3cnn(Cc4ccc(C(=O)O)cc4F)c3)cccc21. The minimum Gasteiger partial charge on any atom is -0.493 e. The molecule has 8 nitrogen and oxygen atoms in total. The van der Waals surface area contributed by atoms with E-state index < -0.39 is 11.8 Å². The number of carboxylic acid groups (broad SMARTS) is 1. The van der Waals surface area contributed by atoms with Crippen LogP contribution in [0.4, 0.5) is 10.1 Å². The highest BCUT2D eigenvalue weighted by molar-refractivity contribution is 6.31. The van der Waals surface area contributed by atoms with Gasteiger partial charge in [0.05, 0.1) is 37.2 Å². The van der Waals surface area contributed by atoms with Crippen molar-refractivity contribution in [1.82, 2.24) is 9.78 Å². The first-order valence-electron chi connectivity index (χ1n) is 13.3. The third-order valence-electron chi connectivity index (χ3n) is 6.95. The van der Waals surface area contributed by atoms with Crippen LogP contribution in [0.2, 0.25) is 5.02 Å². The van der Waals surface area contributed by atoms with E-state index in [1.807, 2.05) is 43.3 Å². The van der Waals surface area contributed by atoms with Crippen LogP contribution in [-0.4, -0.2) is 46.5 Å². The fraction of sp³-hybridized carbons (Fsp3) is 0.258. The van der Waals surface area contributed by atoms with E-state index in [4.69, 9.17) is 26.2 Å². The molecule has 0 radical (unpaired) electrons. The molecule has 10 heteroatoms. The molecule has 0 aliphatic carbocycles. The van der Waals surface area contributed by atoms with Crippen LogP contribution in [0.15, 0.2) is 67.0 Å². The smallest absolute Gasteiger partial charge is 0.335 e. The van der Waals surface area contributed by atoms with E-state index in [1.165, 1.54) is 12.1 Å². The van der Waals surface area contributed by atoms with Crippen molar-refractivity contribution in [1.29, 1.82) is 0 Å². The summed E-state index contributed by atoms with van der Waals surface area (Å²) in [5.41, 5.74) is 3.30. The summed E-state index contributed by atoms with van der Waals surface area (Å²) in [5.74, 6) is -0.503. The summed E-state index contributed by atoms with van der Waals surface area (Å²) < 4.78 is 28.0. The number of benzene rings is 3. The quantitative estimate of drug-likeness (QED) is 0.232. The summed E-state index contributed by atoms with van der Waals surface area (Å²) in [6.45, 7) is 3.41. The summed E-state index contributed by atoms with van der Waals surface area (Å²) >= 11 is 6.17. The van der Waals surface area contributed by atoms with Crippen LogP contribution in [0.3, 0.4) is 0 Å². The van der Waals surface area contributed by atoms with Crippen molar-refractivity contribution in [2.24, 2.45) is 0 Å². The van der Waals surface area contributed by atoms with Gasteiger partial charge < -0.3 is 19.5 Å². The second-order valence-corrected chi connectivity index (χ2v) is 10.2. The maximum absolute atomic E-state index is 14.5. The van der Waals surface area contributed by atoms with Gasteiger partial charge in [-0.15, -0.1) is 0 Å². The molecular weight excluding hydrogens is 549 g/mol. The Labute approximate surface area is 241 Å². The Kier molecular flexibility index (Phi) is 8.54. The number of carbonyl (C=O) groups excluding carboxylic acids is 1. The normalized spacial score (nSPS) is 12.8. The van der Waals surface area contributed by atoms with Gasteiger partial charge in [-0.1, -0.05) is 35.9 Å². The van der Waals surface area contributed by atoms with Gasteiger partial charge in [0.1, 0.15) is 11.6 Å². The van der Waals surface area contributed by atoms with Crippen molar-refractivity contribution >= 4 is 29.2 Å². The predicted molar refractivity (Wildman–Crippen MR) is 154 cm³/mol. The van der Waals surface area contributed by atoms with Crippen molar-refractivity contribution in [3.63, 3.8) is 0 Å². The molecule has 1 aliphatic rings. The second-order valence-electron chi connectivity index (χ2n) is 9.75. The molecule has 3 aromatic carbocycles. The van der Waals surface area contributed by atoms with Crippen LogP contribution in [0.5, 0.6) is 11.5 Å². The maximum Gasteiger partial charge on any atom is 0.335 e. The first-order valence-corrected chi connectivity index (χ1v) is 13.7. The van der Waals surface area contributed by atoms with Gasteiger partial charge in [0.25, 0.3) is 0 Å². The van der Waals surface area contributed by atoms with Crippen molar-refractivity contribution in [3.05, 3.63) is 94.5 Å². The van der Waals surface area contributed by atoms with E-state index in [1.54, 1.807) is 22.0 Å². The van der Waals surface area contributed by atoms with Crippen LogP contribution in [0.25, 0.3) is 11.1 Å². The van der Waals surface area contributed by atoms with Crippen LogP contribution in [0, 0.1) is 12.7 Å². The van der Waals surface area contributed by atoms with E-state index in [0.717, 1.165) is 22.8 Å². The summed E-state index contributed by atoms with van der Waals surface area (Å²) in [6, 6.07) is 15.0. The minimum absolute atomic E-state index is 0.0173. The lowest BCUT2D eigenvalue weighted by Crippen LogP contribution is -2.31. The number of rotatable bonds is 9. The molecule has 5 rings (SSSR count). The first kappa shape index (κ1) is 28.2. The number of fused-ring (bicyclic) bond motifs is 1. The first-order chi connectivity index (χ1) is 19.8. The molecule has 0 saturated carbocycles. The third kappa shape index (κ3) is 6.36. The number of nitrogens with zero attached hydrogens (tertiary/aromatic N) is 3. The van der Waals surface area contributed by atoms with Crippen molar-refractivity contribution in [2.75, 3.05) is 24.7 Å². The maximum atomic E-state index is 14.5. The Morgan fingerprint density at radius 1 is 1.17 bits per heavy atom.